The number of nitrogens with zero attached hydrogens (tertiary/aromatic N) is 2. The Morgan fingerprint density at radius 3 is 2.83 bits per heavy atom. The van der Waals surface area contributed by atoms with Gasteiger partial charge in [-0.15, -0.1) is 5.10 Å². The summed E-state index contributed by atoms with van der Waals surface area (Å²) in [4.78, 5) is 11.6. The van der Waals surface area contributed by atoms with Crippen molar-refractivity contribution in [3.05, 3.63) is 52.1 Å². The van der Waals surface area contributed by atoms with E-state index < -0.39 is 5.82 Å². The van der Waals surface area contributed by atoms with Crippen LogP contribution in [0.2, 0.25) is 0 Å². The van der Waals surface area contributed by atoms with Crippen LogP contribution < -0.4 is 16.0 Å². The summed E-state index contributed by atoms with van der Waals surface area (Å²) >= 11 is 0. The summed E-state index contributed by atoms with van der Waals surface area (Å²) in [6.45, 7) is 0.0299. The van der Waals surface area contributed by atoms with Gasteiger partial charge < -0.3 is 10.5 Å². The fourth-order valence-electron chi connectivity index (χ4n) is 1.51. The Bertz CT molecular complexity index is 625. The summed E-state index contributed by atoms with van der Waals surface area (Å²) in [7, 11) is 1.45. The molecule has 0 aliphatic heterocycles. The minimum atomic E-state index is -0.466. The van der Waals surface area contributed by atoms with Crippen LogP contribution >= 0.6 is 0 Å². The number of halogens is 1. The van der Waals surface area contributed by atoms with E-state index in [0.29, 0.717) is 17.1 Å². The highest BCUT2D eigenvalue weighted by molar-refractivity contribution is 5.40. The molecule has 0 saturated heterocycles. The van der Waals surface area contributed by atoms with Gasteiger partial charge in [0.1, 0.15) is 5.82 Å². The van der Waals surface area contributed by atoms with Gasteiger partial charge in [0.25, 0.3) is 5.56 Å². The number of methoxy groups -OCH3 is 1. The second kappa shape index (κ2) is 4.87. The van der Waals surface area contributed by atoms with Crippen molar-refractivity contribution >= 4 is 5.69 Å². The van der Waals surface area contributed by atoms with Gasteiger partial charge in [-0.25, -0.2) is 9.07 Å². The molecule has 5 nitrogen and oxygen atoms in total. The first-order chi connectivity index (χ1) is 8.60. The third-order valence-electron chi connectivity index (χ3n) is 2.45. The molecule has 18 heavy (non-hydrogen) atoms. The molecule has 2 N–H and O–H groups in total. The number of nitrogen functional groups attached to an aromatic ring is 1. The first kappa shape index (κ1) is 12.1. The van der Waals surface area contributed by atoms with E-state index in [4.69, 9.17) is 10.5 Å². The minimum absolute atomic E-state index is 0.0299. The van der Waals surface area contributed by atoms with Crippen LogP contribution in [-0.4, -0.2) is 16.9 Å². The number of benzene rings is 1. The second-order valence-electron chi connectivity index (χ2n) is 3.72. The van der Waals surface area contributed by atoms with Gasteiger partial charge in [0.05, 0.1) is 13.7 Å². The maximum atomic E-state index is 13.6. The molecule has 6 heteroatoms. The number of rotatable bonds is 3. The van der Waals surface area contributed by atoms with E-state index >= 15 is 0 Å². The lowest BCUT2D eigenvalue weighted by Crippen LogP contribution is -2.23. The lowest BCUT2D eigenvalue weighted by atomic mass is 10.2. The Morgan fingerprint density at radius 2 is 2.17 bits per heavy atom. The van der Waals surface area contributed by atoms with Gasteiger partial charge in [-0.2, -0.15) is 0 Å². The molecular weight excluding hydrogens is 237 g/mol. The van der Waals surface area contributed by atoms with Crippen molar-refractivity contribution in [2.24, 2.45) is 0 Å². The van der Waals surface area contributed by atoms with Gasteiger partial charge in [-0.05, 0) is 12.1 Å². The van der Waals surface area contributed by atoms with Crippen molar-refractivity contribution in [2.75, 3.05) is 12.8 Å². The summed E-state index contributed by atoms with van der Waals surface area (Å²) < 4.78 is 19.6. The summed E-state index contributed by atoms with van der Waals surface area (Å²) in [5, 5.41) is 3.93. The normalized spacial score (nSPS) is 10.3. The highest BCUT2D eigenvalue weighted by Crippen LogP contribution is 2.12. The van der Waals surface area contributed by atoms with Gasteiger partial charge in [0, 0.05) is 23.4 Å². The zero-order chi connectivity index (χ0) is 13.1. The molecule has 0 bridgehead atoms. The van der Waals surface area contributed by atoms with E-state index in [2.05, 4.69) is 5.10 Å². The topological polar surface area (TPSA) is 70.1 Å². The fraction of sp³-hybridized carbons (Fsp3) is 0.167. The molecule has 1 aromatic carbocycles. The van der Waals surface area contributed by atoms with Crippen molar-refractivity contribution in [3.63, 3.8) is 0 Å². The smallest absolute Gasteiger partial charge is 0.267 e. The third kappa shape index (κ3) is 2.48. The van der Waals surface area contributed by atoms with Gasteiger partial charge in [0.2, 0.25) is 5.88 Å². The minimum Gasteiger partial charge on any atom is -0.480 e. The summed E-state index contributed by atoms with van der Waals surface area (Å²) in [5.41, 5.74) is 5.80. The predicted octanol–water partition coefficient (Wildman–Crippen LogP) is 1.02. The van der Waals surface area contributed by atoms with E-state index in [1.807, 2.05) is 0 Å². The highest BCUT2D eigenvalue weighted by Gasteiger charge is 2.06. The molecule has 0 atom stereocenters. The average Bonchev–Trinajstić information content (AvgIpc) is 2.35. The van der Waals surface area contributed by atoms with Crippen LogP contribution in [-0.2, 0) is 6.54 Å². The highest BCUT2D eigenvalue weighted by atomic mass is 19.1. The van der Waals surface area contributed by atoms with E-state index in [-0.39, 0.29) is 12.1 Å². The second-order valence-corrected chi connectivity index (χ2v) is 3.72. The molecule has 2 aromatic rings. The Labute approximate surface area is 103 Å². The standard InChI is InChI=1S/C12H12FN3O2/c1-18-11-4-5-12(17)16(15-11)7-8-2-3-9(14)6-10(8)13/h2-6H,7,14H2,1H3. The van der Waals surface area contributed by atoms with E-state index in [1.165, 1.54) is 31.4 Å². The number of aromatic nitrogens is 2. The lowest BCUT2D eigenvalue weighted by molar-refractivity contribution is 0.378. The fourth-order valence-corrected chi connectivity index (χ4v) is 1.51. The SMILES string of the molecule is COc1ccc(=O)n(Cc2ccc(N)cc2F)n1. The van der Waals surface area contributed by atoms with Crippen LogP contribution in [0.1, 0.15) is 5.56 Å². The van der Waals surface area contributed by atoms with Crippen molar-refractivity contribution in [2.45, 2.75) is 6.54 Å². The number of nitrogens with two attached hydrogens (primary N) is 1. The molecule has 0 fully saturated rings. The molecule has 1 heterocycles. The van der Waals surface area contributed by atoms with E-state index in [0.717, 1.165) is 4.68 Å². The molecule has 0 unspecified atom stereocenters. The molecular formula is C12H12FN3O2. The van der Waals surface area contributed by atoms with Gasteiger partial charge in [-0.1, -0.05) is 6.07 Å². The Balaban J connectivity index is 2.36. The number of anilines is 1. The third-order valence-corrected chi connectivity index (χ3v) is 2.45. The predicted molar refractivity (Wildman–Crippen MR) is 65.0 cm³/mol. The molecule has 0 aliphatic carbocycles. The molecule has 0 saturated carbocycles. The summed E-state index contributed by atoms with van der Waals surface area (Å²) in [5.74, 6) is -0.169. The zero-order valence-electron chi connectivity index (χ0n) is 9.76. The maximum absolute atomic E-state index is 13.6. The molecule has 1 aromatic heterocycles. The molecule has 0 amide bonds. The number of ether oxygens (including phenoxy) is 1. The summed E-state index contributed by atoms with van der Waals surface area (Å²) in [6.07, 6.45) is 0. The lowest BCUT2D eigenvalue weighted by Gasteiger charge is -2.07. The average molecular weight is 249 g/mol. The molecule has 0 spiro atoms. The van der Waals surface area contributed by atoms with Crippen molar-refractivity contribution in [3.8, 4) is 5.88 Å². The summed E-state index contributed by atoms with van der Waals surface area (Å²) in [6, 6.07) is 7.08. The van der Waals surface area contributed by atoms with Crippen LogP contribution in [0.5, 0.6) is 5.88 Å². The largest absolute Gasteiger partial charge is 0.480 e. The first-order valence-electron chi connectivity index (χ1n) is 5.26. The Kier molecular flexibility index (Phi) is 3.27. The van der Waals surface area contributed by atoms with Gasteiger partial charge >= 0.3 is 0 Å². The van der Waals surface area contributed by atoms with Crippen molar-refractivity contribution in [1.29, 1.82) is 0 Å². The quantitative estimate of drug-likeness (QED) is 0.824. The van der Waals surface area contributed by atoms with E-state index in [9.17, 15) is 9.18 Å². The molecule has 0 aliphatic rings. The number of hydrogen-bond acceptors (Lipinski definition) is 4. The number of hydrogen-bond donors (Lipinski definition) is 1. The maximum Gasteiger partial charge on any atom is 0.267 e. The van der Waals surface area contributed by atoms with Crippen molar-refractivity contribution < 1.29 is 9.13 Å². The van der Waals surface area contributed by atoms with Gasteiger partial charge in [0.15, 0.2) is 0 Å². The van der Waals surface area contributed by atoms with Crippen LogP contribution in [0.25, 0.3) is 0 Å². The Morgan fingerprint density at radius 1 is 1.39 bits per heavy atom. The molecule has 94 valence electrons. The van der Waals surface area contributed by atoms with E-state index in [1.54, 1.807) is 6.07 Å². The molecule has 0 radical (unpaired) electrons. The van der Waals surface area contributed by atoms with Crippen LogP contribution in [0, 0.1) is 5.82 Å². The van der Waals surface area contributed by atoms with Crippen molar-refractivity contribution in [1.82, 2.24) is 9.78 Å². The Hall–Kier alpha value is -2.37. The first-order valence-corrected chi connectivity index (χ1v) is 5.26. The van der Waals surface area contributed by atoms with Crippen LogP contribution in [0.15, 0.2) is 35.1 Å². The van der Waals surface area contributed by atoms with Crippen LogP contribution in [0.3, 0.4) is 0 Å². The van der Waals surface area contributed by atoms with Crippen LogP contribution in [0.4, 0.5) is 10.1 Å². The molecule has 2 rings (SSSR count). The zero-order valence-corrected chi connectivity index (χ0v) is 9.76. The monoisotopic (exact) mass is 249 g/mol. The van der Waals surface area contributed by atoms with Gasteiger partial charge in [-0.3, -0.25) is 4.79 Å².